The van der Waals surface area contributed by atoms with Crippen LogP contribution in [0.4, 0.5) is 0 Å². The Hall–Kier alpha value is -0.0400. The van der Waals surface area contributed by atoms with Crippen molar-refractivity contribution in [2.75, 3.05) is 26.2 Å². The standard InChI is InChI=1S/C14H29N3O.HI/c1-3-15-13(16-4-2)17-12-14(10-11-18)8-6-5-7-9-14;/h18H,3-12H2,1-2H3,(H2,15,16,17);1H. The van der Waals surface area contributed by atoms with E-state index in [-0.39, 0.29) is 36.0 Å². The summed E-state index contributed by atoms with van der Waals surface area (Å²) in [6, 6.07) is 0. The first kappa shape index (κ1) is 19.0. The summed E-state index contributed by atoms with van der Waals surface area (Å²) in [5, 5.41) is 15.8. The van der Waals surface area contributed by atoms with E-state index in [4.69, 9.17) is 4.99 Å². The van der Waals surface area contributed by atoms with Gasteiger partial charge in [0.1, 0.15) is 0 Å². The third kappa shape index (κ3) is 6.79. The second kappa shape index (κ2) is 10.7. The fraction of sp³-hybridized carbons (Fsp3) is 0.929. The highest BCUT2D eigenvalue weighted by atomic mass is 127. The molecule has 0 atom stereocenters. The number of nitrogens with zero attached hydrogens (tertiary/aromatic N) is 1. The number of hydrogen-bond acceptors (Lipinski definition) is 2. The molecule has 0 radical (unpaired) electrons. The minimum absolute atomic E-state index is 0. The largest absolute Gasteiger partial charge is 0.396 e. The summed E-state index contributed by atoms with van der Waals surface area (Å²) in [4.78, 5) is 4.70. The van der Waals surface area contributed by atoms with Crippen LogP contribution in [0.5, 0.6) is 0 Å². The molecular formula is C14H30IN3O. The predicted octanol–water partition coefficient (Wildman–Crippen LogP) is 2.51. The zero-order valence-corrected chi connectivity index (χ0v) is 14.7. The lowest BCUT2D eigenvalue weighted by Crippen LogP contribution is -2.39. The molecule has 0 aliphatic heterocycles. The minimum atomic E-state index is 0. The Labute approximate surface area is 134 Å². The average Bonchev–Trinajstić information content (AvgIpc) is 2.38. The first-order chi connectivity index (χ1) is 8.76. The normalized spacial score (nSPS) is 17.2. The summed E-state index contributed by atoms with van der Waals surface area (Å²) >= 11 is 0. The van der Waals surface area contributed by atoms with Gasteiger partial charge in [0.15, 0.2) is 5.96 Å². The molecule has 0 heterocycles. The van der Waals surface area contributed by atoms with Gasteiger partial charge in [0.25, 0.3) is 0 Å². The second-order valence-corrected chi connectivity index (χ2v) is 5.26. The highest BCUT2D eigenvalue weighted by Crippen LogP contribution is 2.39. The Bertz CT molecular complexity index is 240. The fourth-order valence-electron chi connectivity index (χ4n) is 2.78. The van der Waals surface area contributed by atoms with E-state index in [1.807, 2.05) is 0 Å². The molecule has 1 rings (SSSR count). The Balaban J connectivity index is 0.00000324. The molecule has 1 saturated carbocycles. The zero-order valence-electron chi connectivity index (χ0n) is 12.4. The van der Waals surface area contributed by atoms with E-state index >= 15 is 0 Å². The van der Waals surface area contributed by atoms with Crippen molar-refractivity contribution in [1.29, 1.82) is 0 Å². The van der Waals surface area contributed by atoms with E-state index in [0.717, 1.165) is 32.0 Å². The van der Waals surface area contributed by atoms with Gasteiger partial charge in [-0.2, -0.15) is 0 Å². The number of guanidine groups is 1. The first-order valence-electron chi connectivity index (χ1n) is 7.39. The van der Waals surface area contributed by atoms with Crippen LogP contribution in [0.3, 0.4) is 0 Å². The van der Waals surface area contributed by atoms with Crippen LogP contribution < -0.4 is 10.6 Å². The number of rotatable bonds is 6. The van der Waals surface area contributed by atoms with Gasteiger partial charge >= 0.3 is 0 Å². The maximum absolute atomic E-state index is 9.28. The molecule has 114 valence electrons. The zero-order chi connectivity index (χ0) is 13.3. The molecule has 3 N–H and O–H groups in total. The van der Waals surface area contributed by atoms with Gasteiger partial charge in [-0.3, -0.25) is 4.99 Å². The van der Waals surface area contributed by atoms with Crippen LogP contribution in [0.1, 0.15) is 52.4 Å². The lowest BCUT2D eigenvalue weighted by Gasteiger charge is -2.35. The highest BCUT2D eigenvalue weighted by molar-refractivity contribution is 14.0. The number of halogens is 1. The molecule has 0 unspecified atom stereocenters. The van der Waals surface area contributed by atoms with Crippen molar-refractivity contribution in [3.05, 3.63) is 0 Å². The molecule has 19 heavy (non-hydrogen) atoms. The van der Waals surface area contributed by atoms with Gasteiger partial charge in [-0.15, -0.1) is 24.0 Å². The van der Waals surface area contributed by atoms with Crippen LogP contribution in [0.15, 0.2) is 4.99 Å². The summed E-state index contributed by atoms with van der Waals surface area (Å²) in [7, 11) is 0. The Morgan fingerprint density at radius 3 is 2.16 bits per heavy atom. The molecule has 0 amide bonds. The fourth-order valence-corrected chi connectivity index (χ4v) is 2.78. The SMILES string of the molecule is CCNC(=NCC1(CCO)CCCCC1)NCC.I. The van der Waals surface area contributed by atoms with E-state index in [1.54, 1.807) is 0 Å². The average molecular weight is 383 g/mol. The topological polar surface area (TPSA) is 56.7 Å². The van der Waals surface area contributed by atoms with Gasteiger partial charge in [0.2, 0.25) is 0 Å². The van der Waals surface area contributed by atoms with E-state index < -0.39 is 0 Å². The highest BCUT2D eigenvalue weighted by Gasteiger charge is 2.31. The van der Waals surface area contributed by atoms with Crippen LogP contribution >= 0.6 is 24.0 Å². The smallest absolute Gasteiger partial charge is 0.191 e. The molecule has 5 heteroatoms. The van der Waals surface area contributed by atoms with Crippen molar-refractivity contribution >= 4 is 29.9 Å². The maximum atomic E-state index is 9.28. The van der Waals surface area contributed by atoms with Gasteiger partial charge in [0, 0.05) is 26.2 Å². The third-order valence-electron chi connectivity index (χ3n) is 3.82. The molecule has 0 aromatic heterocycles. The van der Waals surface area contributed by atoms with Crippen molar-refractivity contribution in [1.82, 2.24) is 10.6 Å². The monoisotopic (exact) mass is 383 g/mol. The molecule has 0 bridgehead atoms. The van der Waals surface area contributed by atoms with Gasteiger partial charge < -0.3 is 15.7 Å². The minimum Gasteiger partial charge on any atom is -0.396 e. The van der Waals surface area contributed by atoms with Crippen LogP contribution in [0.2, 0.25) is 0 Å². The maximum Gasteiger partial charge on any atom is 0.191 e. The third-order valence-corrected chi connectivity index (χ3v) is 3.82. The van der Waals surface area contributed by atoms with Crippen LogP contribution in [0.25, 0.3) is 0 Å². The number of aliphatic imine (C=N–C) groups is 1. The van der Waals surface area contributed by atoms with Crippen molar-refractivity contribution < 1.29 is 5.11 Å². The molecule has 0 saturated heterocycles. The summed E-state index contributed by atoms with van der Waals surface area (Å²) in [5.74, 6) is 0.905. The number of hydrogen-bond donors (Lipinski definition) is 3. The molecule has 4 nitrogen and oxygen atoms in total. The Kier molecular flexibility index (Phi) is 10.7. The quantitative estimate of drug-likeness (QED) is 0.375. The molecular weight excluding hydrogens is 353 g/mol. The van der Waals surface area contributed by atoms with Crippen molar-refractivity contribution in [2.24, 2.45) is 10.4 Å². The van der Waals surface area contributed by atoms with Crippen LogP contribution in [0, 0.1) is 5.41 Å². The lowest BCUT2D eigenvalue weighted by molar-refractivity contribution is 0.137. The van der Waals surface area contributed by atoms with Crippen molar-refractivity contribution in [2.45, 2.75) is 52.4 Å². The Morgan fingerprint density at radius 1 is 1.11 bits per heavy atom. The molecule has 1 aliphatic rings. The van der Waals surface area contributed by atoms with E-state index in [0.29, 0.717) is 0 Å². The van der Waals surface area contributed by atoms with Gasteiger partial charge in [-0.25, -0.2) is 0 Å². The van der Waals surface area contributed by atoms with Crippen LogP contribution in [-0.4, -0.2) is 37.3 Å². The summed E-state index contributed by atoms with van der Waals surface area (Å²) in [6.07, 6.45) is 7.22. The number of aliphatic hydroxyl groups excluding tert-OH is 1. The number of aliphatic hydroxyl groups is 1. The van der Waals surface area contributed by atoms with Crippen molar-refractivity contribution in [3.8, 4) is 0 Å². The first-order valence-corrected chi connectivity index (χ1v) is 7.39. The van der Waals surface area contributed by atoms with Gasteiger partial charge in [-0.1, -0.05) is 19.3 Å². The van der Waals surface area contributed by atoms with E-state index in [1.165, 1.54) is 32.1 Å². The molecule has 0 aromatic carbocycles. The second-order valence-electron chi connectivity index (χ2n) is 5.26. The van der Waals surface area contributed by atoms with E-state index in [9.17, 15) is 5.11 Å². The Morgan fingerprint density at radius 2 is 1.68 bits per heavy atom. The van der Waals surface area contributed by atoms with Gasteiger partial charge in [-0.05, 0) is 38.5 Å². The lowest BCUT2D eigenvalue weighted by atomic mass is 9.72. The predicted molar refractivity (Wildman–Crippen MR) is 92.3 cm³/mol. The molecule has 0 aromatic rings. The molecule has 0 spiro atoms. The summed E-state index contributed by atoms with van der Waals surface area (Å²) in [6.45, 7) is 7.06. The van der Waals surface area contributed by atoms with Crippen molar-refractivity contribution in [3.63, 3.8) is 0 Å². The number of nitrogens with one attached hydrogen (secondary N) is 2. The molecule has 1 fully saturated rings. The van der Waals surface area contributed by atoms with E-state index in [2.05, 4.69) is 24.5 Å². The van der Waals surface area contributed by atoms with Gasteiger partial charge in [0.05, 0.1) is 0 Å². The molecule has 1 aliphatic carbocycles. The summed E-state index contributed by atoms with van der Waals surface area (Å²) in [5.41, 5.74) is 0.239. The summed E-state index contributed by atoms with van der Waals surface area (Å²) < 4.78 is 0. The van der Waals surface area contributed by atoms with Crippen LogP contribution in [-0.2, 0) is 0 Å².